The monoisotopic (exact) mass is 400 g/mol. The van der Waals surface area contributed by atoms with Gasteiger partial charge < -0.3 is 9.47 Å². The third-order valence-electron chi connectivity index (χ3n) is 2.44. The molecule has 0 heterocycles. The van der Waals surface area contributed by atoms with Gasteiger partial charge in [-0.3, -0.25) is 9.59 Å². The molecule has 0 saturated carbocycles. The molecule has 0 aromatic heterocycles. The normalized spacial score (nSPS) is 10.2. The first-order valence-electron chi connectivity index (χ1n) is 6.64. The van der Waals surface area contributed by atoms with Crippen LogP contribution in [0.25, 0.3) is 0 Å². The van der Waals surface area contributed by atoms with E-state index in [0.717, 1.165) is 32.1 Å². The van der Waals surface area contributed by atoms with Crippen molar-refractivity contribution in [3.8, 4) is 0 Å². The lowest BCUT2D eigenvalue weighted by atomic mass is 10.1. The Kier molecular flexibility index (Phi) is 14.2. The number of rotatable bonds is 12. The molecule has 0 unspecified atom stereocenters. The lowest BCUT2D eigenvalue weighted by molar-refractivity contribution is -0.143. The molecule has 0 spiro atoms. The molecule has 6 heteroatoms. The number of unbranched alkanes of at least 4 members (excludes halogenated alkanes) is 4. The number of esters is 2. The Morgan fingerprint density at radius 2 is 1.05 bits per heavy atom. The van der Waals surface area contributed by atoms with Crippen LogP contribution in [-0.4, -0.2) is 35.8 Å². The zero-order valence-electron chi connectivity index (χ0n) is 11.2. The van der Waals surface area contributed by atoms with Crippen molar-refractivity contribution >= 4 is 43.8 Å². The van der Waals surface area contributed by atoms with Crippen LogP contribution < -0.4 is 0 Å². The van der Waals surface area contributed by atoms with Crippen LogP contribution in [0.4, 0.5) is 0 Å². The van der Waals surface area contributed by atoms with E-state index >= 15 is 0 Å². The zero-order chi connectivity index (χ0) is 14.3. The largest absolute Gasteiger partial charge is 0.465 e. The van der Waals surface area contributed by atoms with E-state index in [4.69, 9.17) is 9.47 Å². The molecule has 112 valence electrons. The fourth-order valence-corrected chi connectivity index (χ4v) is 1.84. The molecule has 0 saturated heterocycles. The van der Waals surface area contributed by atoms with Crippen LogP contribution >= 0.6 is 31.9 Å². The van der Waals surface area contributed by atoms with Crippen LogP contribution in [0.2, 0.25) is 0 Å². The molecule has 0 bridgehead atoms. The van der Waals surface area contributed by atoms with Gasteiger partial charge in [0, 0.05) is 23.5 Å². The molecule has 0 aliphatic carbocycles. The average molecular weight is 402 g/mol. The molecule has 0 aliphatic rings. The summed E-state index contributed by atoms with van der Waals surface area (Å²) in [6.07, 6.45) is 5.72. The van der Waals surface area contributed by atoms with Crippen LogP contribution in [0.15, 0.2) is 0 Å². The number of carbonyl (C=O) groups is 2. The van der Waals surface area contributed by atoms with Crippen molar-refractivity contribution in [1.82, 2.24) is 0 Å². The number of carbonyl (C=O) groups excluding carboxylic acids is 2. The fourth-order valence-electron chi connectivity index (χ4n) is 1.52. The van der Waals surface area contributed by atoms with Gasteiger partial charge in [0.2, 0.25) is 0 Å². The summed E-state index contributed by atoms with van der Waals surface area (Å²) >= 11 is 6.40. The van der Waals surface area contributed by atoms with Crippen molar-refractivity contribution in [1.29, 1.82) is 0 Å². The van der Waals surface area contributed by atoms with Gasteiger partial charge in [-0.2, -0.15) is 0 Å². The third kappa shape index (κ3) is 14.1. The summed E-state index contributed by atoms with van der Waals surface area (Å²) in [4.78, 5) is 22.3. The molecule has 0 N–H and O–H groups in total. The van der Waals surface area contributed by atoms with Crippen LogP contribution in [0.3, 0.4) is 0 Å². The second kappa shape index (κ2) is 14.3. The fraction of sp³-hybridized carbons (Fsp3) is 0.846. The Hall–Kier alpha value is -0.100. The van der Waals surface area contributed by atoms with Gasteiger partial charge in [-0.05, 0) is 12.8 Å². The summed E-state index contributed by atoms with van der Waals surface area (Å²) < 4.78 is 9.87. The van der Waals surface area contributed by atoms with Gasteiger partial charge in [-0.15, -0.1) is 0 Å². The molecule has 0 rings (SSSR count). The van der Waals surface area contributed by atoms with Crippen molar-refractivity contribution in [2.45, 2.75) is 44.9 Å². The molecule has 19 heavy (non-hydrogen) atoms. The lowest BCUT2D eigenvalue weighted by Gasteiger charge is -2.04. The zero-order valence-corrected chi connectivity index (χ0v) is 14.3. The van der Waals surface area contributed by atoms with Gasteiger partial charge in [0.15, 0.2) is 0 Å². The third-order valence-corrected chi connectivity index (χ3v) is 3.09. The summed E-state index contributed by atoms with van der Waals surface area (Å²) in [6.45, 7) is 0.880. The van der Waals surface area contributed by atoms with E-state index in [0.29, 0.717) is 36.7 Å². The Balaban J connectivity index is 3.22. The number of alkyl halides is 2. The van der Waals surface area contributed by atoms with Gasteiger partial charge in [0.25, 0.3) is 0 Å². The van der Waals surface area contributed by atoms with E-state index in [-0.39, 0.29) is 11.9 Å². The van der Waals surface area contributed by atoms with Crippen molar-refractivity contribution in [3.63, 3.8) is 0 Å². The Morgan fingerprint density at radius 3 is 1.42 bits per heavy atom. The van der Waals surface area contributed by atoms with Crippen molar-refractivity contribution in [2.24, 2.45) is 0 Å². The predicted molar refractivity (Wildman–Crippen MR) is 81.8 cm³/mol. The highest BCUT2D eigenvalue weighted by atomic mass is 79.9. The van der Waals surface area contributed by atoms with Gasteiger partial charge in [-0.1, -0.05) is 51.1 Å². The SMILES string of the molecule is O=C(CCCCCCCC(=O)OCCBr)OCCBr. The lowest BCUT2D eigenvalue weighted by Crippen LogP contribution is -2.06. The second-order valence-corrected chi connectivity index (χ2v) is 5.67. The number of ether oxygens (including phenoxy) is 2. The summed E-state index contributed by atoms with van der Waals surface area (Å²) in [6, 6.07) is 0. The molecule has 0 aliphatic heterocycles. The van der Waals surface area contributed by atoms with Gasteiger partial charge in [0.05, 0.1) is 0 Å². The van der Waals surface area contributed by atoms with E-state index in [1.807, 2.05) is 0 Å². The number of halogens is 2. The standard InChI is InChI=1S/C13H22Br2O4/c14-8-10-18-12(16)6-4-2-1-3-5-7-13(17)19-11-9-15/h1-11H2. The minimum absolute atomic E-state index is 0.127. The first kappa shape index (κ1) is 18.9. The van der Waals surface area contributed by atoms with Crippen LogP contribution in [0.5, 0.6) is 0 Å². The van der Waals surface area contributed by atoms with E-state index in [1.165, 1.54) is 0 Å². The smallest absolute Gasteiger partial charge is 0.305 e. The van der Waals surface area contributed by atoms with E-state index < -0.39 is 0 Å². The average Bonchev–Trinajstić information content (AvgIpc) is 2.41. The highest BCUT2D eigenvalue weighted by Crippen LogP contribution is 2.08. The highest BCUT2D eigenvalue weighted by molar-refractivity contribution is 9.09. The van der Waals surface area contributed by atoms with Gasteiger partial charge >= 0.3 is 11.9 Å². The van der Waals surface area contributed by atoms with E-state index in [1.54, 1.807) is 0 Å². The van der Waals surface area contributed by atoms with E-state index in [2.05, 4.69) is 31.9 Å². The van der Waals surface area contributed by atoms with Crippen LogP contribution in [0.1, 0.15) is 44.9 Å². The maximum Gasteiger partial charge on any atom is 0.305 e. The molecule has 0 atom stereocenters. The maximum absolute atomic E-state index is 11.2. The van der Waals surface area contributed by atoms with E-state index in [9.17, 15) is 9.59 Å². The quantitative estimate of drug-likeness (QED) is 0.285. The molecule has 0 radical (unpaired) electrons. The topological polar surface area (TPSA) is 52.6 Å². The Morgan fingerprint density at radius 1 is 0.684 bits per heavy atom. The number of hydrogen-bond donors (Lipinski definition) is 0. The second-order valence-electron chi connectivity index (χ2n) is 4.09. The minimum atomic E-state index is -0.127. The minimum Gasteiger partial charge on any atom is -0.465 e. The first-order chi connectivity index (χ1) is 9.20. The summed E-state index contributed by atoms with van der Waals surface area (Å²) in [5.74, 6) is -0.254. The molecule has 0 amide bonds. The summed E-state index contributed by atoms with van der Waals surface area (Å²) in [5.41, 5.74) is 0. The van der Waals surface area contributed by atoms with Crippen molar-refractivity contribution in [2.75, 3.05) is 23.9 Å². The van der Waals surface area contributed by atoms with Crippen molar-refractivity contribution < 1.29 is 19.1 Å². The molecule has 4 nitrogen and oxygen atoms in total. The van der Waals surface area contributed by atoms with Gasteiger partial charge in [0.1, 0.15) is 13.2 Å². The van der Waals surface area contributed by atoms with Crippen LogP contribution in [-0.2, 0) is 19.1 Å². The highest BCUT2D eigenvalue weighted by Gasteiger charge is 2.03. The summed E-state index contributed by atoms with van der Waals surface area (Å²) in [7, 11) is 0. The maximum atomic E-state index is 11.2. The van der Waals surface area contributed by atoms with Crippen molar-refractivity contribution in [3.05, 3.63) is 0 Å². The molecular formula is C13H22Br2O4. The Labute approximate surface area is 131 Å². The molecular weight excluding hydrogens is 380 g/mol. The molecule has 0 fully saturated rings. The van der Waals surface area contributed by atoms with Gasteiger partial charge in [-0.25, -0.2) is 0 Å². The molecule has 0 aromatic carbocycles. The Bertz CT molecular complexity index is 223. The number of hydrogen-bond acceptors (Lipinski definition) is 4. The van der Waals surface area contributed by atoms with Crippen LogP contribution in [0, 0.1) is 0 Å². The first-order valence-corrected chi connectivity index (χ1v) is 8.88. The predicted octanol–water partition coefficient (Wildman–Crippen LogP) is 3.59. The summed E-state index contributed by atoms with van der Waals surface area (Å²) in [5, 5.41) is 1.37. The molecule has 0 aromatic rings.